The van der Waals surface area contributed by atoms with Gasteiger partial charge in [-0.2, -0.15) is 0 Å². The molecule has 0 saturated heterocycles. The van der Waals surface area contributed by atoms with Crippen molar-refractivity contribution in [3.05, 3.63) is 11.6 Å². The highest BCUT2D eigenvalue weighted by Gasteiger charge is 2.72. The molecule has 0 amide bonds. The van der Waals surface area contributed by atoms with E-state index in [0.717, 1.165) is 37.7 Å². The molecule has 36 heavy (non-hydrogen) atoms. The smallest absolute Gasteiger partial charge is 0.310 e. The van der Waals surface area contributed by atoms with E-state index in [1.165, 1.54) is 0 Å². The number of carbonyl (C=O) groups is 1. The van der Waals surface area contributed by atoms with Crippen molar-refractivity contribution in [2.45, 2.75) is 111 Å². The van der Waals surface area contributed by atoms with E-state index in [1.54, 1.807) is 6.92 Å². The van der Waals surface area contributed by atoms with Crippen LogP contribution in [0.25, 0.3) is 0 Å². The van der Waals surface area contributed by atoms with Crippen LogP contribution in [0.4, 0.5) is 0 Å². The number of rotatable bonds is 2. The molecule has 5 aliphatic carbocycles. The molecule has 5 aliphatic rings. The fourth-order valence-corrected chi connectivity index (χ4v) is 11.0. The van der Waals surface area contributed by atoms with Gasteiger partial charge in [0.05, 0.1) is 29.8 Å². The van der Waals surface area contributed by atoms with Gasteiger partial charge in [0.2, 0.25) is 0 Å². The van der Waals surface area contributed by atoms with Crippen molar-refractivity contribution in [3.8, 4) is 0 Å². The molecule has 0 radical (unpaired) electrons. The van der Waals surface area contributed by atoms with Gasteiger partial charge in [0.1, 0.15) is 0 Å². The van der Waals surface area contributed by atoms with E-state index in [1.807, 2.05) is 6.92 Å². The zero-order chi connectivity index (χ0) is 26.7. The van der Waals surface area contributed by atoms with Crippen LogP contribution in [0.5, 0.6) is 0 Å². The Balaban J connectivity index is 1.64. The Morgan fingerprint density at radius 1 is 1.00 bits per heavy atom. The van der Waals surface area contributed by atoms with E-state index in [0.29, 0.717) is 18.8 Å². The molecule has 204 valence electrons. The second-order valence-electron chi connectivity index (χ2n) is 14.7. The summed E-state index contributed by atoms with van der Waals surface area (Å²) in [4.78, 5) is 12.9. The summed E-state index contributed by atoms with van der Waals surface area (Å²) >= 11 is 0. The standard InChI is InChI=1S/C30H48O6/c1-17-19(32)15-30(24(34)35)14-13-27(4)18(23(30)29(17,6)36)7-8-21-25(2)11-10-22(33)26(3,16-31)20(25)9-12-28(21,27)5/h7,17,19-23,31-33,36H,8-16H2,1-6H3,(H,34,35)/t17-,19+,20-,21-,22+,23-,25+,26+,27-,28-,29-,30-/m1/s1. The van der Waals surface area contributed by atoms with Crippen molar-refractivity contribution in [2.24, 2.45) is 50.7 Å². The highest BCUT2D eigenvalue weighted by Crippen LogP contribution is 2.76. The lowest BCUT2D eigenvalue weighted by atomic mass is 9.33. The van der Waals surface area contributed by atoms with E-state index in [9.17, 15) is 30.3 Å². The quantitative estimate of drug-likeness (QED) is 0.361. The van der Waals surface area contributed by atoms with Gasteiger partial charge in [0.15, 0.2) is 0 Å². The lowest BCUT2D eigenvalue weighted by Crippen LogP contribution is -2.69. The van der Waals surface area contributed by atoms with Gasteiger partial charge in [-0.25, -0.2) is 0 Å². The first-order chi connectivity index (χ1) is 16.6. The van der Waals surface area contributed by atoms with Crippen LogP contribution in [0.3, 0.4) is 0 Å². The van der Waals surface area contributed by atoms with E-state index in [2.05, 4.69) is 33.8 Å². The highest BCUT2D eigenvalue weighted by atomic mass is 16.4. The van der Waals surface area contributed by atoms with Crippen LogP contribution in [-0.4, -0.2) is 55.9 Å². The highest BCUT2D eigenvalue weighted by molar-refractivity contribution is 5.77. The third kappa shape index (κ3) is 2.91. The Morgan fingerprint density at radius 2 is 1.67 bits per heavy atom. The SMILES string of the molecule is C[C@@H]1[C@@H](O)C[C@]2(C(=O)O)CC[C@]3(C)C(=CC[C@@H]4[C@@]5(C)CC[C@H](O)[C@@](C)(CO)[C@@H]5CC[C@]43C)[C@@H]2[C@]1(C)O. The van der Waals surface area contributed by atoms with Crippen molar-refractivity contribution in [1.29, 1.82) is 0 Å². The van der Waals surface area contributed by atoms with Crippen LogP contribution >= 0.6 is 0 Å². The van der Waals surface area contributed by atoms with E-state index < -0.39 is 46.4 Å². The lowest BCUT2D eigenvalue weighted by Gasteiger charge is -2.72. The van der Waals surface area contributed by atoms with Crippen LogP contribution in [0.15, 0.2) is 11.6 Å². The molecule has 0 aromatic heterocycles. The first kappa shape index (κ1) is 26.6. The zero-order valence-corrected chi connectivity index (χ0v) is 23.0. The van der Waals surface area contributed by atoms with E-state index in [4.69, 9.17) is 0 Å². The van der Waals surface area contributed by atoms with E-state index >= 15 is 0 Å². The molecular formula is C30H48O6. The number of hydrogen-bond acceptors (Lipinski definition) is 5. The van der Waals surface area contributed by atoms with Gasteiger partial charge < -0.3 is 25.5 Å². The predicted molar refractivity (Wildman–Crippen MR) is 137 cm³/mol. The molecule has 0 heterocycles. The summed E-state index contributed by atoms with van der Waals surface area (Å²) in [7, 11) is 0. The van der Waals surface area contributed by atoms with Gasteiger partial charge in [0.25, 0.3) is 0 Å². The van der Waals surface area contributed by atoms with Crippen LogP contribution in [0.1, 0.15) is 92.9 Å². The van der Waals surface area contributed by atoms with Crippen molar-refractivity contribution in [1.82, 2.24) is 0 Å². The minimum absolute atomic E-state index is 0.0114. The van der Waals surface area contributed by atoms with Gasteiger partial charge in [-0.15, -0.1) is 0 Å². The number of carboxylic acid groups (broad SMARTS) is 1. The average molecular weight is 505 g/mol. The normalized spacial score (nSPS) is 58.6. The molecule has 5 N–H and O–H groups in total. The minimum Gasteiger partial charge on any atom is -0.481 e. The molecule has 4 fully saturated rings. The van der Waals surface area contributed by atoms with Crippen molar-refractivity contribution >= 4 is 5.97 Å². The largest absolute Gasteiger partial charge is 0.481 e. The number of aliphatic carboxylic acids is 1. The van der Waals surface area contributed by atoms with Crippen molar-refractivity contribution in [3.63, 3.8) is 0 Å². The average Bonchev–Trinajstić information content (AvgIpc) is 2.80. The van der Waals surface area contributed by atoms with Crippen LogP contribution in [0, 0.1) is 50.7 Å². The molecule has 0 aliphatic heterocycles. The van der Waals surface area contributed by atoms with Gasteiger partial charge in [-0.3, -0.25) is 4.79 Å². The maximum Gasteiger partial charge on any atom is 0.310 e. The summed E-state index contributed by atoms with van der Waals surface area (Å²) in [6, 6.07) is 0. The molecule has 5 rings (SSSR count). The number of aliphatic hydroxyl groups excluding tert-OH is 3. The van der Waals surface area contributed by atoms with Crippen LogP contribution in [0.2, 0.25) is 0 Å². The topological polar surface area (TPSA) is 118 Å². The molecule has 0 aromatic rings. The Hall–Kier alpha value is -0.950. The zero-order valence-electron chi connectivity index (χ0n) is 23.0. The third-order valence-electron chi connectivity index (χ3n) is 13.7. The van der Waals surface area contributed by atoms with Crippen LogP contribution in [-0.2, 0) is 4.79 Å². The first-order valence-electron chi connectivity index (χ1n) is 14.2. The maximum absolute atomic E-state index is 12.9. The van der Waals surface area contributed by atoms with Crippen molar-refractivity contribution < 1.29 is 30.3 Å². The molecule has 6 heteroatoms. The molecular weight excluding hydrogens is 456 g/mol. The lowest BCUT2D eigenvalue weighted by molar-refractivity contribution is -0.232. The first-order valence-corrected chi connectivity index (χ1v) is 14.2. The Morgan fingerprint density at radius 3 is 2.28 bits per heavy atom. The van der Waals surface area contributed by atoms with Gasteiger partial charge in [-0.05, 0) is 86.4 Å². The predicted octanol–water partition coefficient (Wildman–Crippen LogP) is 4.15. The minimum atomic E-state index is -1.32. The molecule has 0 spiro atoms. The monoisotopic (exact) mass is 504 g/mol. The molecule has 0 aromatic carbocycles. The number of carboxylic acids is 1. The number of fused-ring (bicyclic) bond motifs is 7. The van der Waals surface area contributed by atoms with Crippen LogP contribution < -0.4 is 0 Å². The van der Waals surface area contributed by atoms with E-state index in [-0.39, 0.29) is 35.2 Å². The Kier molecular flexibility index (Phi) is 5.77. The summed E-state index contributed by atoms with van der Waals surface area (Å²) in [5, 5.41) is 54.6. The summed E-state index contributed by atoms with van der Waals surface area (Å²) in [5.74, 6) is -1.26. The summed E-state index contributed by atoms with van der Waals surface area (Å²) < 4.78 is 0. The van der Waals surface area contributed by atoms with Gasteiger partial charge >= 0.3 is 5.97 Å². The summed E-state index contributed by atoms with van der Waals surface area (Å²) in [5.41, 5.74) is -2.27. The molecule has 4 saturated carbocycles. The fraction of sp³-hybridized carbons (Fsp3) is 0.900. The molecule has 12 atom stereocenters. The molecule has 6 nitrogen and oxygen atoms in total. The summed E-state index contributed by atoms with van der Waals surface area (Å²) in [6.45, 7) is 12.7. The second-order valence-corrected chi connectivity index (χ2v) is 14.7. The summed E-state index contributed by atoms with van der Waals surface area (Å²) in [6.07, 6.45) is 6.65. The molecule has 0 unspecified atom stereocenters. The third-order valence-corrected chi connectivity index (χ3v) is 13.7. The molecule has 0 bridgehead atoms. The second kappa shape index (κ2) is 7.80. The number of hydrogen-bond donors (Lipinski definition) is 5. The van der Waals surface area contributed by atoms with Gasteiger partial charge in [0, 0.05) is 17.3 Å². The Bertz CT molecular complexity index is 974. The fourth-order valence-electron chi connectivity index (χ4n) is 11.0. The Labute approximate surface area is 216 Å². The van der Waals surface area contributed by atoms with Crippen molar-refractivity contribution in [2.75, 3.05) is 6.61 Å². The number of allylic oxidation sites excluding steroid dienone is 1. The maximum atomic E-state index is 12.9. The van der Waals surface area contributed by atoms with Gasteiger partial charge in [-0.1, -0.05) is 46.3 Å². The number of aliphatic hydroxyl groups is 4.